The highest BCUT2D eigenvalue weighted by Crippen LogP contribution is 2.08. The van der Waals surface area contributed by atoms with Gasteiger partial charge in [-0.25, -0.2) is 0 Å². The van der Waals surface area contributed by atoms with Gasteiger partial charge in [0.25, 0.3) is 0 Å². The average molecular weight is 239 g/mol. The molecule has 5 heteroatoms. The minimum absolute atomic E-state index is 0.0137. The molecule has 0 aromatic rings. The van der Waals surface area contributed by atoms with Gasteiger partial charge in [0.1, 0.15) is 0 Å². The van der Waals surface area contributed by atoms with Crippen LogP contribution in [0.2, 0.25) is 0 Å². The molecule has 0 amide bonds. The molecule has 17 heavy (non-hydrogen) atoms. The maximum absolute atomic E-state index is 11.3. The number of ether oxygens (including phenoxy) is 1. The Labute approximate surface area is 103 Å². The van der Waals surface area contributed by atoms with Crippen molar-refractivity contribution in [2.24, 2.45) is 0 Å². The van der Waals surface area contributed by atoms with E-state index in [9.17, 15) is 4.79 Å². The predicted octanol–water partition coefficient (Wildman–Crippen LogP) is 0.469. The number of nitriles is 1. The van der Waals surface area contributed by atoms with Gasteiger partial charge in [-0.05, 0) is 13.3 Å². The molecule has 0 aromatic carbocycles. The fraction of sp³-hybridized carbons (Fsp3) is 0.833. The van der Waals surface area contributed by atoms with E-state index in [-0.39, 0.29) is 12.0 Å². The van der Waals surface area contributed by atoms with Crippen molar-refractivity contribution in [3.05, 3.63) is 0 Å². The highest BCUT2D eigenvalue weighted by Gasteiger charge is 2.23. The van der Waals surface area contributed by atoms with Crippen molar-refractivity contribution in [2.75, 3.05) is 39.3 Å². The number of carbonyl (C=O) groups excluding carboxylic acids is 1. The van der Waals surface area contributed by atoms with Gasteiger partial charge in [-0.1, -0.05) is 6.92 Å². The van der Waals surface area contributed by atoms with Gasteiger partial charge in [-0.3, -0.25) is 14.6 Å². The predicted molar refractivity (Wildman–Crippen MR) is 64.3 cm³/mol. The molecule has 0 aromatic heterocycles. The Morgan fingerprint density at radius 1 is 1.35 bits per heavy atom. The summed E-state index contributed by atoms with van der Waals surface area (Å²) in [5, 5.41) is 8.98. The fourth-order valence-corrected chi connectivity index (χ4v) is 2.05. The van der Waals surface area contributed by atoms with E-state index >= 15 is 0 Å². The highest BCUT2D eigenvalue weighted by molar-refractivity contribution is 5.71. The first-order valence-electron chi connectivity index (χ1n) is 6.22. The summed E-state index contributed by atoms with van der Waals surface area (Å²) in [4.78, 5) is 15.6. The third-order valence-electron chi connectivity index (χ3n) is 3.04. The Balaban J connectivity index is 2.31. The van der Waals surface area contributed by atoms with E-state index in [4.69, 9.17) is 10.00 Å². The molecular weight excluding hydrogens is 218 g/mol. The van der Waals surface area contributed by atoms with Gasteiger partial charge < -0.3 is 4.74 Å². The van der Waals surface area contributed by atoms with Crippen LogP contribution in [0.1, 0.15) is 20.3 Å². The van der Waals surface area contributed by atoms with E-state index in [0.717, 1.165) is 32.6 Å². The van der Waals surface area contributed by atoms with Gasteiger partial charge in [-0.15, -0.1) is 0 Å². The number of hydrogen-bond acceptors (Lipinski definition) is 5. The van der Waals surface area contributed by atoms with Crippen molar-refractivity contribution in [1.82, 2.24) is 9.80 Å². The molecule has 0 bridgehead atoms. The molecule has 1 saturated heterocycles. The second-order valence-corrected chi connectivity index (χ2v) is 4.17. The molecule has 0 aliphatic carbocycles. The third kappa shape index (κ3) is 4.33. The second kappa shape index (κ2) is 7.25. The molecule has 1 heterocycles. The Morgan fingerprint density at radius 3 is 2.47 bits per heavy atom. The first-order chi connectivity index (χ1) is 8.21. The van der Waals surface area contributed by atoms with E-state index in [1.165, 1.54) is 0 Å². The zero-order chi connectivity index (χ0) is 12.7. The van der Waals surface area contributed by atoms with Crippen molar-refractivity contribution in [2.45, 2.75) is 26.3 Å². The monoisotopic (exact) mass is 239 g/mol. The lowest BCUT2D eigenvalue weighted by molar-refractivity contribution is -0.144. The summed E-state index contributed by atoms with van der Waals surface area (Å²) in [5.74, 6) is -0.159. The van der Waals surface area contributed by atoms with Crippen LogP contribution in [0.3, 0.4) is 0 Å². The topological polar surface area (TPSA) is 56.6 Å². The van der Waals surface area contributed by atoms with Crippen LogP contribution in [0.15, 0.2) is 0 Å². The van der Waals surface area contributed by atoms with E-state index in [0.29, 0.717) is 13.2 Å². The molecule has 1 aliphatic heterocycles. The Hall–Kier alpha value is -1.12. The number of piperazine rings is 1. The lowest BCUT2D eigenvalue weighted by atomic mass is 10.2. The van der Waals surface area contributed by atoms with Crippen LogP contribution in [-0.2, 0) is 9.53 Å². The van der Waals surface area contributed by atoms with Crippen LogP contribution >= 0.6 is 0 Å². The summed E-state index contributed by atoms with van der Waals surface area (Å²) in [6.45, 7) is 8.01. The average Bonchev–Trinajstić information content (AvgIpc) is 2.33. The molecule has 5 nitrogen and oxygen atoms in total. The summed E-state index contributed by atoms with van der Waals surface area (Å²) < 4.78 is 4.91. The van der Waals surface area contributed by atoms with Gasteiger partial charge >= 0.3 is 5.97 Å². The van der Waals surface area contributed by atoms with E-state index in [2.05, 4.69) is 15.9 Å². The Kier molecular flexibility index (Phi) is 5.95. The summed E-state index contributed by atoms with van der Waals surface area (Å²) in [6.07, 6.45) is 0.856. The molecule has 1 rings (SSSR count). The van der Waals surface area contributed by atoms with Gasteiger partial charge in [0, 0.05) is 26.2 Å². The van der Waals surface area contributed by atoms with E-state index in [1.807, 2.05) is 13.8 Å². The van der Waals surface area contributed by atoms with Crippen LogP contribution in [-0.4, -0.2) is 61.1 Å². The molecule has 1 fully saturated rings. The maximum Gasteiger partial charge on any atom is 0.320 e. The molecule has 0 N–H and O–H groups in total. The highest BCUT2D eigenvalue weighted by atomic mass is 16.5. The van der Waals surface area contributed by atoms with E-state index in [1.54, 1.807) is 0 Å². The molecule has 1 aliphatic rings. The third-order valence-corrected chi connectivity index (χ3v) is 3.04. The number of rotatable bonds is 5. The second-order valence-electron chi connectivity index (χ2n) is 4.17. The standard InChI is InChI=1S/C12H21N3O2/c1-3-11(9-13)15-7-5-14(6-8-15)10-12(16)17-4-2/h11H,3-8,10H2,1-2H3. The molecule has 1 atom stereocenters. The largest absolute Gasteiger partial charge is 0.465 e. The smallest absolute Gasteiger partial charge is 0.320 e. The van der Waals surface area contributed by atoms with E-state index < -0.39 is 0 Å². The number of hydrogen-bond donors (Lipinski definition) is 0. The van der Waals surface area contributed by atoms with Gasteiger partial charge in [0.05, 0.1) is 25.3 Å². The van der Waals surface area contributed by atoms with Crippen LogP contribution in [0.5, 0.6) is 0 Å². The zero-order valence-corrected chi connectivity index (χ0v) is 10.7. The molecule has 0 spiro atoms. The molecule has 0 radical (unpaired) electrons. The summed E-state index contributed by atoms with van der Waals surface area (Å²) in [7, 11) is 0. The normalized spacial score (nSPS) is 19.6. The molecule has 1 unspecified atom stereocenters. The number of esters is 1. The van der Waals surface area contributed by atoms with Crippen molar-refractivity contribution in [1.29, 1.82) is 5.26 Å². The first kappa shape index (κ1) is 13.9. The summed E-state index contributed by atoms with van der Waals surface area (Å²) >= 11 is 0. The van der Waals surface area contributed by atoms with Gasteiger partial charge in [0.2, 0.25) is 0 Å². The summed E-state index contributed by atoms with van der Waals surface area (Å²) in [6, 6.07) is 2.33. The van der Waals surface area contributed by atoms with Gasteiger partial charge in [-0.2, -0.15) is 5.26 Å². The Bertz CT molecular complexity index is 280. The SMILES string of the molecule is CCOC(=O)CN1CCN(C(C#N)CC)CC1. The Morgan fingerprint density at radius 2 is 2.00 bits per heavy atom. The van der Waals surface area contributed by atoms with Crippen LogP contribution in [0.25, 0.3) is 0 Å². The minimum Gasteiger partial charge on any atom is -0.465 e. The quantitative estimate of drug-likeness (QED) is 0.653. The fourth-order valence-electron chi connectivity index (χ4n) is 2.05. The van der Waals surface area contributed by atoms with Crippen molar-refractivity contribution in [3.63, 3.8) is 0 Å². The minimum atomic E-state index is -0.159. The maximum atomic E-state index is 11.3. The van der Waals surface area contributed by atoms with Crippen LogP contribution in [0, 0.1) is 11.3 Å². The van der Waals surface area contributed by atoms with Crippen molar-refractivity contribution in [3.8, 4) is 6.07 Å². The molecular formula is C12H21N3O2. The van der Waals surface area contributed by atoms with Crippen LogP contribution in [0.4, 0.5) is 0 Å². The molecule has 0 saturated carbocycles. The van der Waals surface area contributed by atoms with Crippen molar-refractivity contribution >= 4 is 5.97 Å². The molecule has 96 valence electrons. The first-order valence-corrected chi connectivity index (χ1v) is 6.22. The van der Waals surface area contributed by atoms with Gasteiger partial charge in [0.15, 0.2) is 0 Å². The number of carbonyl (C=O) groups is 1. The van der Waals surface area contributed by atoms with Crippen LogP contribution < -0.4 is 0 Å². The summed E-state index contributed by atoms with van der Waals surface area (Å²) in [5.41, 5.74) is 0. The van der Waals surface area contributed by atoms with Crippen molar-refractivity contribution < 1.29 is 9.53 Å². The zero-order valence-electron chi connectivity index (χ0n) is 10.7. The lowest BCUT2D eigenvalue weighted by Gasteiger charge is -2.36. The lowest BCUT2D eigenvalue weighted by Crippen LogP contribution is -2.51. The number of nitrogens with zero attached hydrogens (tertiary/aromatic N) is 3.